The van der Waals surface area contributed by atoms with Crippen LogP contribution in [0, 0.1) is 11.7 Å². The number of aromatic amines is 1. The van der Waals surface area contributed by atoms with Crippen LogP contribution in [0.2, 0.25) is 0 Å². The van der Waals surface area contributed by atoms with Gasteiger partial charge in [-0.05, 0) is 56.9 Å². The summed E-state index contributed by atoms with van der Waals surface area (Å²) < 4.78 is 18.8. The number of amides is 2. The second-order valence-electron chi connectivity index (χ2n) is 8.59. The van der Waals surface area contributed by atoms with Crippen molar-refractivity contribution >= 4 is 22.9 Å². The number of hydrogen-bond acceptors (Lipinski definition) is 3. The fourth-order valence-electron chi connectivity index (χ4n) is 3.83. The molecular weight excluding hydrogens is 361 g/mol. The van der Waals surface area contributed by atoms with Crippen molar-refractivity contribution in [1.82, 2.24) is 15.2 Å². The zero-order chi connectivity index (χ0) is 20.6. The predicted octanol–water partition coefficient (Wildman–Crippen LogP) is 3.91. The fraction of sp³-hybridized carbons (Fsp3) is 0.524. The van der Waals surface area contributed by atoms with Crippen LogP contribution >= 0.6 is 0 Å². The molecule has 2 amide bonds. The molecule has 0 saturated heterocycles. The molecule has 1 aliphatic rings. The van der Waals surface area contributed by atoms with Gasteiger partial charge >= 0.3 is 6.09 Å². The molecule has 1 aromatic carbocycles. The third-order valence-corrected chi connectivity index (χ3v) is 4.87. The number of nitrogens with zero attached hydrogens (tertiary/aromatic N) is 1. The van der Waals surface area contributed by atoms with E-state index in [-0.39, 0.29) is 30.2 Å². The zero-order valence-electron chi connectivity index (χ0n) is 17.1. The minimum absolute atomic E-state index is 0.123. The van der Waals surface area contributed by atoms with Gasteiger partial charge in [0, 0.05) is 23.1 Å². The summed E-state index contributed by atoms with van der Waals surface area (Å²) in [4.78, 5) is 29.8. The van der Waals surface area contributed by atoms with Crippen LogP contribution in [-0.4, -0.2) is 40.6 Å². The van der Waals surface area contributed by atoms with E-state index in [4.69, 9.17) is 4.74 Å². The molecule has 0 saturated carbocycles. The van der Waals surface area contributed by atoms with Gasteiger partial charge in [-0.2, -0.15) is 0 Å². The predicted molar refractivity (Wildman–Crippen MR) is 105 cm³/mol. The van der Waals surface area contributed by atoms with Crippen molar-refractivity contribution in [2.75, 3.05) is 13.1 Å². The molecule has 28 heavy (non-hydrogen) atoms. The van der Waals surface area contributed by atoms with Crippen molar-refractivity contribution in [3.05, 3.63) is 35.3 Å². The molecule has 7 heteroatoms. The standard InChI is InChI=1S/C21H28FN3O3/c1-12(2)19-18-15(14-7-6-13(22)10-16(14)24-18)8-9-25(19)17(26)11-23-20(27)28-21(3,4)5/h6-7,10,12,19,24H,8-9,11H2,1-5H3,(H,23,27). The Hall–Kier alpha value is -2.57. The molecule has 1 atom stereocenters. The Morgan fingerprint density at radius 2 is 2.07 bits per heavy atom. The third kappa shape index (κ3) is 4.13. The number of H-pyrrole nitrogens is 1. The highest BCUT2D eigenvalue weighted by atomic mass is 19.1. The van der Waals surface area contributed by atoms with E-state index >= 15 is 0 Å². The molecule has 1 unspecified atom stereocenters. The van der Waals surface area contributed by atoms with Crippen LogP contribution < -0.4 is 5.32 Å². The molecule has 2 N–H and O–H groups in total. The smallest absolute Gasteiger partial charge is 0.408 e. The topological polar surface area (TPSA) is 74.4 Å². The molecule has 1 aliphatic heterocycles. The summed E-state index contributed by atoms with van der Waals surface area (Å²) in [7, 11) is 0. The first-order valence-electron chi connectivity index (χ1n) is 9.63. The molecule has 2 heterocycles. The Labute approximate surface area is 164 Å². The number of halogens is 1. The number of carbonyl (C=O) groups excluding carboxylic acids is 2. The summed E-state index contributed by atoms with van der Waals surface area (Å²) in [6, 6.07) is 4.58. The number of alkyl carbamates (subject to hydrolysis) is 1. The molecule has 0 radical (unpaired) electrons. The van der Waals surface area contributed by atoms with Gasteiger partial charge in [0.25, 0.3) is 0 Å². The van der Waals surface area contributed by atoms with Crippen molar-refractivity contribution in [3.63, 3.8) is 0 Å². The van der Waals surface area contributed by atoms with E-state index in [1.807, 2.05) is 13.8 Å². The zero-order valence-corrected chi connectivity index (χ0v) is 17.1. The SMILES string of the molecule is CC(C)C1c2[nH]c3cc(F)ccc3c2CCN1C(=O)CNC(=O)OC(C)(C)C. The second-order valence-corrected chi connectivity index (χ2v) is 8.59. The van der Waals surface area contributed by atoms with Gasteiger partial charge in [0.1, 0.15) is 18.0 Å². The van der Waals surface area contributed by atoms with Gasteiger partial charge < -0.3 is 19.9 Å². The minimum Gasteiger partial charge on any atom is -0.444 e. The Balaban J connectivity index is 1.80. The van der Waals surface area contributed by atoms with Gasteiger partial charge in [0.2, 0.25) is 5.91 Å². The summed E-state index contributed by atoms with van der Waals surface area (Å²) in [5.74, 6) is -0.302. The first-order valence-corrected chi connectivity index (χ1v) is 9.63. The van der Waals surface area contributed by atoms with Crippen LogP contribution in [-0.2, 0) is 16.0 Å². The second kappa shape index (κ2) is 7.45. The summed E-state index contributed by atoms with van der Waals surface area (Å²) in [5, 5.41) is 3.54. The van der Waals surface area contributed by atoms with E-state index in [1.165, 1.54) is 12.1 Å². The number of ether oxygens (including phenoxy) is 1. The molecule has 2 aromatic rings. The molecule has 0 aliphatic carbocycles. The van der Waals surface area contributed by atoms with E-state index < -0.39 is 11.7 Å². The van der Waals surface area contributed by atoms with Crippen LogP contribution in [0.15, 0.2) is 18.2 Å². The normalized spacial score (nSPS) is 17.0. The number of carbonyl (C=O) groups is 2. The third-order valence-electron chi connectivity index (χ3n) is 4.87. The lowest BCUT2D eigenvalue weighted by atomic mass is 9.90. The van der Waals surface area contributed by atoms with Crippen LogP contribution in [0.25, 0.3) is 10.9 Å². The summed E-state index contributed by atoms with van der Waals surface area (Å²) in [6.07, 6.45) is 0.0725. The van der Waals surface area contributed by atoms with E-state index in [9.17, 15) is 14.0 Å². The molecule has 0 spiro atoms. The molecule has 1 aromatic heterocycles. The summed E-state index contributed by atoms with van der Waals surface area (Å²) >= 11 is 0. The Morgan fingerprint density at radius 1 is 1.36 bits per heavy atom. The Bertz CT molecular complexity index is 898. The Morgan fingerprint density at radius 3 is 2.71 bits per heavy atom. The highest BCUT2D eigenvalue weighted by Gasteiger charge is 2.35. The van der Waals surface area contributed by atoms with Crippen LogP contribution in [0.3, 0.4) is 0 Å². The van der Waals surface area contributed by atoms with Crippen molar-refractivity contribution in [2.24, 2.45) is 5.92 Å². The molecule has 6 nitrogen and oxygen atoms in total. The maximum Gasteiger partial charge on any atom is 0.408 e. The fourth-order valence-corrected chi connectivity index (χ4v) is 3.83. The monoisotopic (exact) mass is 389 g/mol. The minimum atomic E-state index is -0.618. The lowest BCUT2D eigenvalue weighted by Crippen LogP contribution is -2.47. The molecular formula is C21H28FN3O3. The van der Waals surface area contributed by atoms with Gasteiger partial charge in [-0.3, -0.25) is 4.79 Å². The quantitative estimate of drug-likeness (QED) is 0.836. The Kier molecular flexibility index (Phi) is 5.37. The molecule has 0 bridgehead atoms. The number of hydrogen-bond donors (Lipinski definition) is 2. The average molecular weight is 389 g/mol. The lowest BCUT2D eigenvalue weighted by molar-refractivity contribution is -0.134. The van der Waals surface area contributed by atoms with E-state index in [0.717, 1.165) is 22.2 Å². The molecule has 152 valence electrons. The van der Waals surface area contributed by atoms with Crippen LogP contribution in [0.1, 0.15) is 51.9 Å². The lowest BCUT2D eigenvalue weighted by Gasteiger charge is -2.38. The highest BCUT2D eigenvalue weighted by molar-refractivity contribution is 5.87. The van der Waals surface area contributed by atoms with Crippen molar-refractivity contribution in [1.29, 1.82) is 0 Å². The number of fused-ring (bicyclic) bond motifs is 3. The van der Waals surface area contributed by atoms with Gasteiger partial charge in [-0.15, -0.1) is 0 Å². The first-order chi connectivity index (χ1) is 13.1. The highest BCUT2D eigenvalue weighted by Crippen LogP contribution is 2.38. The number of rotatable bonds is 3. The average Bonchev–Trinajstić information content (AvgIpc) is 2.94. The summed E-state index contributed by atoms with van der Waals surface area (Å²) in [5.41, 5.74) is 2.22. The van der Waals surface area contributed by atoms with Crippen LogP contribution in [0.5, 0.6) is 0 Å². The van der Waals surface area contributed by atoms with E-state index in [1.54, 1.807) is 31.7 Å². The van der Waals surface area contributed by atoms with Gasteiger partial charge in [-0.1, -0.05) is 13.8 Å². The van der Waals surface area contributed by atoms with Crippen LogP contribution in [0.4, 0.5) is 9.18 Å². The van der Waals surface area contributed by atoms with Gasteiger partial charge in [-0.25, -0.2) is 9.18 Å². The first kappa shape index (κ1) is 20.2. The van der Waals surface area contributed by atoms with Gasteiger partial charge in [0.15, 0.2) is 0 Å². The maximum atomic E-state index is 13.6. The molecule has 3 rings (SSSR count). The van der Waals surface area contributed by atoms with Crippen molar-refractivity contribution < 1.29 is 18.7 Å². The number of benzene rings is 1. The van der Waals surface area contributed by atoms with Gasteiger partial charge in [0.05, 0.1) is 6.04 Å². The van der Waals surface area contributed by atoms with E-state index in [2.05, 4.69) is 10.3 Å². The van der Waals surface area contributed by atoms with Crippen molar-refractivity contribution in [2.45, 2.75) is 52.7 Å². The molecule has 0 fully saturated rings. The largest absolute Gasteiger partial charge is 0.444 e. The summed E-state index contributed by atoms with van der Waals surface area (Å²) in [6.45, 7) is 9.84. The van der Waals surface area contributed by atoms with Crippen molar-refractivity contribution in [3.8, 4) is 0 Å². The van der Waals surface area contributed by atoms with E-state index in [0.29, 0.717) is 13.0 Å². The number of aromatic nitrogens is 1. The number of nitrogens with one attached hydrogen (secondary N) is 2. The maximum absolute atomic E-state index is 13.6.